The first-order valence-electron chi connectivity index (χ1n) is 5.75. The second-order valence-electron chi connectivity index (χ2n) is 4.64. The molecule has 2 nitrogen and oxygen atoms in total. The Kier molecular flexibility index (Phi) is 3.27. The molecule has 17 heavy (non-hydrogen) atoms. The number of nitrogens with zero attached hydrogens (tertiary/aromatic N) is 1. The lowest BCUT2D eigenvalue weighted by atomic mass is 10.0. The van der Waals surface area contributed by atoms with Crippen LogP contribution in [0.25, 0.3) is 0 Å². The first-order chi connectivity index (χ1) is 8.07. The highest BCUT2D eigenvalue weighted by Crippen LogP contribution is 2.25. The van der Waals surface area contributed by atoms with E-state index in [-0.39, 0.29) is 4.65 Å². The standard InChI is InChI=1S/C15H17NO/c1-16(2,17)15-11-7-6-10-14(15)12-13-8-4-3-5-9-13/h3-11H,12H2,1-2H3. The smallest absolute Gasteiger partial charge is 0.135 e. The summed E-state index contributed by atoms with van der Waals surface area (Å²) in [4.78, 5) is 0. The maximum absolute atomic E-state index is 12.1. The summed E-state index contributed by atoms with van der Waals surface area (Å²) < 4.78 is -0.386. The summed E-state index contributed by atoms with van der Waals surface area (Å²) in [6, 6.07) is 18.1. The van der Waals surface area contributed by atoms with E-state index in [1.807, 2.05) is 42.5 Å². The van der Waals surface area contributed by atoms with Crippen LogP contribution in [0.15, 0.2) is 54.6 Å². The van der Waals surface area contributed by atoms with Gasteiger partial charge in [0.1, 0.15) is 5.69 Å². The van der Waals surface area contributed by atoms with Gasteiger partial charge >= 0.3 is 0 Å². The van der Waals surface area contributed by atoms with Crippen molar-refractivity contribution in [1.29, 1.82) is 0 Å². The van der Waals surface area contributed by atoms with Crippen LogP contribution >= 0.6 is 0 Å². The molecule has 0 saturated heterocycles. The molecule has 2 aromatic rings. The fourth-order valence-electron chi connectivity index (χ4n) is 2.00. The highest BCUT2D eigenvalue weighted by Gasteiger charge is 2.13. The zero-order valence-corrected chi connectivity index (χ0v) is 10.3. The molecule has 88 valence electrons. The van der Waals surface area contributed by atoms with Gasteiger partial charge in [0.15, 0.2) is 0 Å². The molecule has 2 heteroatoms. The van der Waals surface area contributed by atoms with Crippen LogP contribution in [0.2, 0.25) is 0 Å². The monoisotopic (exact) mass is 227 g/mol. The normalized spacial score (nSPS) is 11.5. The molecule has 0 amide bonds. The van der Waals surface area contributed by atoms with Crippen molar-refractivity contribution in [3.05, 3.63) is 70.9 Å². The first kappa shape index (κ1) is 11.8. The topological polar surface area (TPSA) is 23.1 Å². The van der Waals surface area contributed by atoms with Crippen molar-refractivity contribution >= 4 is 5.69 Å². The predicted molar refractivity (Wildman–Crippen MR) is 72.7 cm³/mol. The summed E-state index contributed by atoms with van der Waals surface area (Å²) in [5.74, 6) is 0. The highest BCUT2D eigenvalue weighted by atomic mass is 16.5. The predicted octanol–water partition coefficient (Wildman–Crippen LogP) is 3.34. The third-order valence-corrected chi connectivity index (χ3v) is 2.81. The maximum atomic E-state index is 12.1. The number of hydrogen-bond donors (Lipinski definition) is 0. The van der Waals surface area contributed by atoms with Gasteiger partial charge < -0.3 is 9.85 Å². The molecule has 2 aromatic carbocycles. The number of para-hydroxylation sites is 1. The number of rotatable bonds is 3. The first-order valence-corrected chi connectivity index (χ1v) is 5.75. The lowest BCUT2D eigenvalue weighted by Crippen LogP contribution is -2.33. The van der Waals surface area contributed by atoms with E-state index in [4.69, 9.17) is 0 Å². The lowest BCUT2D eigenvalue weighted by Gasteiger charge is -2.34. The minimum Gasteiger partial charge on any atom is -0.628 e. The van der Waals surface area contributed by atoms with Crippen molar-refractivity contribution in [2.24, 2.45) is 0 Å². The second kappa shape index (κ2) is 4.70. The largest absolute Gasteiger partial charge is 0.628 e. The van der Waals surface area contributed by atoms with E-state index >= 15 is 0 Å². The molecule has 2 rings (SSSR count). The second-order valence-corrected chi connectivity index (χ2v) is 4.64. The van der Waals surface area contributed by atoms with Crippen LogP contribution in [0.4, 0.5) is 5.69 Å². The van der Waals surface area contributed by atoms with Crippen molar-refractivity contribution in [3.8, 4) is 0 Å². The minimum absolute atomic E-state index is 0.386. The van der Waals surface area contributed by atoms with Gasteiger partial charge in [0, 0.05) is 12.0 Å². The third-order valence-electron chi connectivity index (χ3n) is 2.81. The number of hydroxylamine groups is 2. The van der Waals surface area contributed by atoms with Crippen LogP contribution in [-0.4, -0.2) is 14.1 Å². The molecular weight excluding hydrogens is 210 g/mol. The number of quaternary nitrogens is 1. The van der Waals surface area contributed by atoms with E-state index in [1.54, 1.807) is 14.1 Å². The molecule has 0 N–H and O–H groups in total. The van der Waals surface area contributed by atoms with Gasteiger partial charge in [-0.3, -0.25) is 0 Å². The summed E-state index contributed by atoms with van der Waals surface area (Å²) in [5.41, 5.74) is 3.16. The number of hydrogen-bond acceptors (Lipinski definition) is 1. The van der Waals surface area contributed by atoms with E-state index < -0.39 is 0 Å². The average molecular weight is 227 g/mol. The van der Waals surface area contributed by atoms with Crippen molar-refractivity contribution < 1.29 is 0 Å². The summed E-state index contributed by atoms with van der Waals surface area (Å²) in [6.45, 7) is 0. The van der Waals surface area contributed by atoms with Crippen LogP contribution in [0.1, 0.15) is 11.1 Å². The van der Waals surface area contributed by atoms with Gasteiger partial charge in [-0.25, -0.2) is 0 Å². The van der Waals surface area contributed by atoms with Crippen LogP contribution < -0.4 is 4.65 Å². The van der Waals surface area contributed by atoms with Crippen LogP contribution in [0.3, 0.4) is 0 Å². The molecule has 0 atom stereocenters. The van der Waals surface area contributed by atoms with Crippen LogP contribution in [0, 0.1) is 5.21 Å². The van der Waals surface area contributed by atoms with Crippen molar-refractivity contribution in [1.82, 2.24) is 4.65 Å². The zero-order valence-electron chi connectivity index (χ0n) is 10.3. The van der Waals surface area contributed by atoms with E-state index in [1.165, 1.54) is 5.56 Å². The Labute approximate surface area is 102 Å². The van der Waals surface area contributed by atoms with Gasteiger partial charge in [-0.05, 0) is 11.6 Å². The van der Waals surface area contributed by atoms with Gasteiger partial charge in [-0.2, -0.15) is 0 Å². The summed E-state index contributed by atoms with van der Waals surface area (Å²) in [6.07, 6.45) is 0.806. The van der Waals surface area contributed by atoms with E-state index in [2.05, 4.69) is 12.1 Å². The Bertz CT molecular complexity index is 486. The molecule has 0 aliphatic rings. The molecule has 0 radical (unpaired) electrons. The summed E-state index contributed by atoms with van der Waals surface area (Å²) in [5, 5.41) is 12.1. The molecule has 0 spiro atoms. The lowest BCUT2D eigenvalue weighted by molar-refractivity contribution is 0.539. The molecule has 0 fully saturated rings. The fraction of sp³-hybridized carbons (Fsp3) is 0.200. The molecular formula is C15H17NO. The average Bonchev–Trinajstić information content (AvgIpc) is 2.30. The van der Waals surface area contributed by atoms with Gasteiger partial charge in [-0.15, -0.1) is 0 Å². The molecule has 0 saturated carbocycles. The summed E-state index contributed by atoms with van der Waals surface area (Å²) >= 11 is 0. The molecule has 0 bridgehead atoms. The Morgan fingerprint density at radius 3 is 2.12 bits per heavy atom. The fourth-order valence-corrected chi connectivity index (χ4v) is 2.00. The molecule has 0 aliphatic carbocycles. The Morgan fingerprint density at radius 2 is 1.47 bits per heavy atom. The van der Waals surface area contributed by atoms with Crippen molar-refractivity contribution in [2.75, 3.05) is 14.1 Å². The Balaban J connectivity index is 2.34. The van der Waals surface area contributed by atoms with Crippen molar-refractivity contribution in [3.63, 3.8) is 0 Å². The molecule has 0 unspecified atom stereocenters. The summed E-state index contributed by atoms with van der Waals surface area (Å²) in [7, 11) is 3.31. The van der Waals surface area contributed by atoms with Gasteiger partial charge in [0.05, 0.1) is 14.1 Å². The van der Waals surface area contributed by atoms with Gasteiger partial charge in [0.2, 0.25) is 0 Å². The van der Waals surface area contributed by atoms with E-state index in [0.717, 1.165) is 17.7 Å². The van der Waals surface area contributed by atoms with Crippen LogP contribution in [0.5, 0.6) is 0 Å². The van der Waals surface area contributed by atoms with E-state index in [9.17, 15) is 5.21 Å². The maximum Gasteiger partial charge on any atom is 0.135 e. The van der Waals surface area contributed by atoms with Crippen molar-refractivity contribution in [2.45, 2.75) is 6.42 Å². The Morgan fingerprint density at radius 1 is 0.882 bits per heavy atom. The van der Waals surface area contributed by atoms with Crippen LogP contribution in [-0.2, 0) is 6.42 Å². The molecule has 0 aromatic heterocycles. The highest BCUT2D eigenvalue weighted by molar-refractivity contribution is 5.51. The Hall–Kier alpha value is -1.64. The van der Waals surface area contributed by atoms with E-state index in [0.29, 0.717) is 0 Å². The third kappa shape index (κ3) is 2.93. The zero-order chi connectivity index (χ0) is 12.3. The van der Waals surface area contributed by atoms with Gasteiger partial charge in [0.25, 0.3) is 0 Å². The SMILES string of the molecule is C[N+](C)([O-])c1ccccc1Cc1ccccc1. The molecule has 0 heterocycles. The molecule has 0 aliphatic heterocycles. The number of benzene rings is 2. The van der Waals surface area contributed by atoms with Gasteiger partial charge in [-0.1, -0.05) is 48.5 Å². The quantitative estimate of drug-likeness (QED) is 0.582. The minimum atomic E-state index is -0.386.